The average molecular weight is 305 g/mol. The van der Waals surface area contributed by atoms with Crippen LogP contribution in [-0.4, -0.2) is 26.2 Å². The number of thiazole rings is 1. The lowest BCUT2D eigenvalue weighted by atomic mass is 10.1. The van der Waals surface area contributed by atoms with Crippen LogP contribution in [0.25, 0.3) is 0 Å². The van der Waals surface area contributed by atoms with E-state index >= 15 is 0 Å². The molecule has 0 bridgehead atoms. The van der Waals surface area contributed by atoms with Crippen LogP contribution >= 0.6 is 11.3 Å². The summed E-state index contributed by atoms with van der Waals surface area (Å²) in [7, 11) is 5.64. The first-order chi connectivity index (χ1) is 10.1. The van der Waals surface area contributed by atoms with Gasteiger partial charge in [-0.1, -0.05) is 36.8 Å². The predicted octanol–water partition coefficient (Wildman–Crippen LogP) is 3.78. The number of nitrogens with one attached hydrogen (secondary N) is 1. The molecular formula is C16H23N3OS. The van der Waals surface area contributed by atoms with Gasteiger partial charge in [0.25, 0.3) is 0 Å². The van der Waals surface area contributed by atoms with Gasteiger partial charge in [-0.15, -0.1) is 0 Å². The summed E-state index contributed by atoms with van der Waals surface area (Å²) in [5.41, 5.74) is 2.50. The van der Waals surface area contributed by atoms with Crippen molar-refractivity contribution in [2.75, 3.05) is 31.4 Å². The van der Waals surface area contributed by atoms with E-state index in [1.165, 1.54) is 12.0 Å². The molecule has 1 N–H and O–H groups in total. The second kappa shape index (κ2) is 7.31. The zero-order chi connectivity index (χ0) is 15.2. The van der Waals surface area contributed by atoms with Gasteiger partial charge in [0.1, 0.15) is 0 Å². The van der Waals surface area contributed by atoms with Gasteiger partial charge in [0.15, 0.2) is 5.13 Å². The molecule has 0 fully saturated rings. The number of aryl methyl sites for hydroxylation is 1. The fourth-order valence-corrected chi connectivity index (χ4v) is 2.94. The lowest BCUT2D eigenvalue weighted by molar-refractivity contribution is 0.397. The Morgan fingerprint density at radius 3 is 2.52 bits per heavy atom. The van der Waals surface area contributed by atoms with Crippen molar-refractivity contribution in [2.45, 2.75) is 26.3 Å². The third-order valence-corrected chi connectivity index (χ3v) is 4.38. The van der Waals surface area contributed by atoms with Gasteiger partial charge in [0.05, 0.1) is 18.5 Å². The Labute approximate surface area is 130 Å². The second-order valence-corrected chi connectivity index (χ2v) is 6.19. The van der Waals surface area contributed by atoms with Crippen molar-refractivity contribution >= 4 is 22.2 Å². The van der Waals surface area contributed by atoms with E-state index in [9.17, 15) is 0 Å². The summed E-state index contributed by atoms with van der Waals surface area (Å²) in [4.78, 5) is 7.57. The first-order valence-corrected chi connectivity index (χ1v) is 7.99. The molecule has 0 saturated carbocycles. The Balaban J connectivity index is 2.02. The number of anilines is 2. The molecule has 2 aromatic rings. The van der Waals surface area contributed by atoms with Crippen molar-refractivity contribution in [1.82, 2.24) is 4.98 Å². The molecule has 0 aliphatic carbocycles. The Bertz CT molecular complexity index is 563. The minimum absolute atomic E-state index is 0.707. The lowest BCUT2D eigenvalue weighted by Gasteiger charge is -2.07. The zero-order valence-corrected chi connectivity index (χ0v) is 14.0. The summed E-state index contributed by atoms with van der Waals surface area (Å²) < 4.78 is 5.35. The molecule has 0 saturated heterocycles. The molecule has 0 radical (unpaired) electrons. The Kier molecular flexibility index (Phi) is 5.44. The molecule has 1 heterocycles. The van der Waals surface area contributed by atoms with Gasteiger partial charge >= 0.3 is 0 Å². The summed E-state index contributed by atoms with van der Waals surface area (Å²) >= 11 is 1.65. The molecule has 2 rings (SSSR count). The molecule has 21 heavy (non-hydrogen) atoms. The molecular weight excluding hydrogens is 282 g/mol. The van der Waals surface area contributed by atoms with Crippen LogP contribution in [-0.2, 0) is 13.0 Å². The SMILES string of the molecule is CCCc1ccc(NCc2sc(N(C)C)nc2OC)cc1. The highest BCUT2D eigenvalue weighted by Gasteiger charge is 2.12. The molecule has 0 aliphatic rings. The van der Waals surface area contributed by atoms with Crippen molar-refractivity contribution < 1.29 is 4.74 Å². The fraction of sp³-hybridized carbons (Fsp3) is 0.438. The number of rotatable bonds is 7. The second-order valence-electron chi connectivity index (χ2n) is 5.12. The van der Waals surface area contributed by atoms with Gasteiger partial charge in [-0.3, -0.25) is 0 Å². The largest absolute Gasteiger partial charge is 0.480 e. The van der Waals surface area contributed by atoms with Crippen LogP contribution in [0, 0.1) is 0 Å². The molecule has 1 aromatic heterocycles. The van der Waals surface area contributed by atoms with Crippen LogP contribution in [0.2, 0.25) is 0 Å². The van der Waals surface area contributed by atoms with Crippen molar-refractivity contribution in [3.8, 4) is 5.88 Å². The smallest absolute Gasteiger partial charge is 0.231 e. The highest BCUT2D eigenvalue weighted by molar-refractivity contribution is 7.15. The summed E-state index contributed by atoms with van der Waals surface area (Å²) in [5, 5.41) is 4.39. The topological polar surface area (TPSA) is 37.4 Å². The van der Waals surface area contributed by atoms with E-state index < -0.39 is 0 Å². The zero-order valence-electron chi connectivity index (χ0n) is 13.1. The summed E-state index contributed by atoms with van der Waals surface area (Å²) in [5.74, 6) is 0.707. The number of ether oxygens (including phenoxy) is 1. The van der Waals surface area contributed by atoms with Gasteiger partial charge in [0, 0.05) is 19.8 Å². The van der Waals surface area contributed by atoms with Gasteiger partial charge in [0.2, 0.25) is 5.88 Å². The number of hydrogen-bond acceptors (Lipinski definition) is 5. The Morgan fingerprint density at radius 2 is 1.95 bits per heavy atom. The van der Waals surface area contributed by atoms with E-state index in [0.717, 1.165) is 28.7 Å². The quantitative estimate of drug-likeness (QED) is 0.844. The highest BCUT2D eigenvalue weighted by Crippen LogP contribution is 2.30. The van der Waals surface area contributed by atoms with E-state index in [4.69, 9.17) is 4.74 Å². The van der Waals surface area contributed by atoms with Crippen LogP contribution in [0.4, 0.5) is 10.8 Å². The Morgan fingerprint density at radius 1 is 1.24 bits per heavy atom. The fourth-order valence-electron chi connectivity index (χ4n) is 2.05. The Hall–Kier alpha value is -1.75. The molecule has 0 aliphatic heterocycles. The monoisotopic (exact) mass is 305 g/mol. The van der Waals surface area contributed by atoms with E-state index in [1.807, 2.05) is 19.0 Å². The first kappa shape index (κ1) is 15.6. The van der Waals surface area contributed by atoms with Gasteiger partial charge in [-0.25, -0.2) is 0 Å². The standard InChI is InChI=1S/C16H23N3OS/c1-5-6-12-7-9-13(10-8-12)17-11-14-15(20-4)18-16(21-14)19(2)3/h7-10,17H,5-6,11H2,1-4H3. The van der Waals surface area contributed by atoms with Crippen LogP contribution < -0.4 is 15.0 Å². The molecule has 0 unspecified atom stereocenters. The maximum absolute atomic E-state index is 5.35. The van der Waals surface area contributed by atoms with Crippen molar-refractivity contribution in [3.05, 3.63) is 34.7 Å². The summed E-state index contributed by atoms with van der Waals surface area (Å²) in [6, 6.07) is 8.62. The molecule has 0 spiro atoms. The van der Waals surface area contributed by atoms with Crippen molar-refractivity contribution in [3.63, 3.8) is 0 Å². The highest BCUT2D eigenvalue weighted by atomic mass is 32.1. The summed E-state index contributed by atoms with van der Waals surface area (Å²) in [6.07, 6.45) is 2.31. The predicted molar refractivity (Wildman–Crippen MR) is 90.8 cm³/mol. The first-order valence-electron chi connectivity index (χ1n) is 7.18. The number of benzene rings is 1. The van der Waals surface area contributed by atoms with E-state index in [-0.39, 0.29) is 0 Å². The summed E-state index contributed by atoms with van der Waals surface area (Å²) in [6.45, 7) is 2.92. The number of methoxy groups -OCH3 is 1. The van der Waals surface area contributed by atoms with Gasteiger partial charge < -0.3 is 15.0 Å². The number of hydrogen-bond donors (Lipinski definition) is 1. The van der Waals surface area contributed by atoms with Crippen molar-refractivity contribution in [1.29, 1.82) is 0 Å². The van der Waals surface area contributed by atoms with E-state index in [1.54, 1.807) is 18.4 Å². The molecule has 114 valence electrons. The molecule has 0 atom stereocenters. The number of nitrogens with zero attached hydrogens (tertiary/aromatic N) is 2. The third kappa shape index (κ3) is 4.11. The van der Waals surface area contributed by atoms with Gasteiger partial charge in [-0.05, 0) is 24.1 Å². The molecule has 4 nitrogen and oxygen atoms in total. The number of aromatic nitrogens is 1. The lowest BCUT2D eigenvalue weighted by Crippen LogP contribution is -2.07. The molecule has 0 amide bonds. The minimum atomic E-state index is 0.707. The van der Waals surface area contributed by atoms with E-state index in [0.29, 0.717) is 5.88 Å². The van der Waals surface area contributed by atoms with Crippen LogP contribution in [0.1, 0.15) is 23.8 Å². The van der Waals surface area contributed by atoms with Crippen LogP contribution in [0.15, 0.2) is 24.3 Å². The van der Waals surface area contributed by atoms with Crippen LogP contribution in [0.3, 0.4) is 0 Å². The third-order valence-electron chi connectivity index (χ3n) is 3.17. The molecule has 1 aromatic carbocycles. The average Bonchev–Trinajstić information content (AvgIpc) is 2.90. The maximum atomic E-state index is 5.35. The van der Waals surface area contributed by atoms with Gasteiger partial charge in [-0.2, -0.15) is 4.98 Å². The van der Waals surface area contributed by atoms with Crippen molar-refractivity contribution in [2.24, 2.45) is 0 Å². The minimum Gasteiger partial charge on any atom is -0.480 e. The van der Waals surface area contributed by atoms with Crippen LogP contribution in [0.5, 0.6) is 5.88 Å². The normalized spacial score (nSPS) is 10.5. The maximum Gasteiger partial charge on any atom is 0.231 e. The molecule has 5 heteroatoms. The van der Waals surface area contributed by atoms with E-state index in [2.05, 4.69) is 41.5 Å².